The van der Waals surface area contributed by atoms with Gasteiger partial charge in [0.05, 0.1) is 48.1 Å². The maximum absolute atomic E-state index is 14.6. The van der Waals surface area contributed by atoms with E-state index >= 15 is 0 Å². The van der Waals surface area contributed by atoms with Gasteiger partial charge in [-0.25, -0.2) is 0 Å². The number of nitrogens with zero attached hydrogens (tertiary/aromatic N) is 2. The number of carbonyl (C=O) groups is 1. The molecule has 4 rings (SSSR count). The lowest BCUT2D eigenvalue weighted by atomic mass is 9.77. The number of likely N-dealkylation sites (N-methyl/N-ethyl adjacent to an activating group) is 1. The van der Waals surface area contributed by atoms with Crippen LogP contribution in [0.3, 0.4) is 0 Å². The van der Waals surface area contributed by atoms with Crippen molar-refractivity contribution >= 4 is 5.97 Å². The van der Waals surface area contributed by atoms with Crippen molar-refractivity contribution in [3.8, 4) is 0 Å². The molecule has 4 N–H and O–H groups in total. The molecule has 3 fully saturated rings. The van der Waals surface area contributed by atoms with Crippen LogP contribution in [-0.2, 0) is 44.5 Å². The van der Waals surface area contributed by atoms with Crippen LogP contribution in [-0.4, -0.2) is 161 Å². The summed E-state index contributed by atoms with van der Waals surface area (Å²) in [5.74, 6) is -2.43. The Morgan fingerprint density at radius 1 is 0.951 bits per heavy atom. The first-order chi connectivity index (χ1) is 28.5. The normalized spacial score (nSPS) is 43.9. The summed E-state index contributed by atoms with van der Waals surface area (Å²) in [7, 11) is 5.37. The van der Waals surface area contributed by atoms with Crippen LogP contribution in [0.1, 0.15) is 100 Å². The first-order valence-corrected chi connectivity index (χ1v) is 22.4. The molecule has 0 saturated carbocycles. The molecule has 1 aromatic rings. The molecule has 1 aromatic carbocycles. The van der Waals surface area contributed by atoms with Gasteiger partial charge in [0, 0.05) is 44.6 Å². The van der Waals surface area contributed by atoms with Gasteiger partial charge in [-0.05, 0) is 93.3 Å². The van der Waals surface area contributed by atoms with E-state index in [4.69, 9.17) is 33.2 Å². The van der Waals surface area contributed by atoms with Gasteiger partial charge in [-0.15, -0.1) is 6.58 Å². The molecule has 18 atom stereocenters. The molecule has 3 aliphatic heterocycles. The summed E-state index contributed by atoms with van der Waals surface area (Å²) in [6, 6.07) is 9.12. The molecular formula is C47H80N2O12. The third kappa shape index (κ3) is 12.2. The number of hydrogen-bond acceptors (Lipinski definition) is 14. The molecular weight excluding hydrogens is 785 g/mol. The molecule has 350 valence electrons. The maximum Gasteiger partial charge on any atom is 0.311 e. The first kappa shape index (κ1) is 51.6. The van der Waals surface area contributed by atoms with Gasteiger partial charge < -0.3 is 58.5 Å². The number of methoxy groups -OCH3 is 1. The van der Waals surface area contributed by atoms with Crippen LogP contribution in [0.2, 0.25) is 0 Å². The number of aliphatic hydroxyl groups excluding tert-OH is 3. The van der Waals surface area contributed by atoms with E-state index < -0.39 is 96.0 Å². The number of ether oxygens (including phenoxy) is 7. The Bertz CT molecular complexity index is 1520. The summed E-state index contributed by atoms with van der Waals surface area (Å²) in [5.41, 5.74) is -2.96. The molecule has 0 unspecified atom stereocenters. The molecule has 14 nitrogen and oxygen atoms in total. The van der Waals surface area contributed by atoms with Crippen molar-refractivity contribution < 1.29 is 58.4 Å². The molecule has 0 bridgehead atoms. The molecule has 3 saturated heterocycles. The van der Waals surface area contributed by atoms with E-state index in [1.54, 1.807) is 33.8 Å². The number of hydrogen-bond donors (Lipinski definition) is 4. The fourth-order valence-electron chi connectivity index (χ4n) is 9.99. The summed E-state index contributed by atoms with van der Waals surface area (Å²) in [6.45, 7) is 23.5. The quantitative estimate of drug-likeness (QED) is 0.169. The van der Waals surface area contributed by atoms with Crippen molar-refractivity contribution in [1.29, 1.82) is 0 Å². The van der Waals surface area contributed by atoms with Crippen molar-refractivity contribution in [3.63, 3.8) is 0 Å². The molecule has 0 radical (unpaired) electrons. The largest absolute Gasteiger partial charge is 0.459 e. The fourth-order valence-corrected chi connectivity index (χ4v) is 9.99. The number of esters is 1. The Labute approximate surface area is 365 Å². The number of aliphatic hydroxyl groups is 4. The van der Waals surface area contributed by atoms with E-state index in [2.05, 4.69) is 18.4 Å². The highest BCUT2D eigenvalue weighted by Gasteiger charge is 2.53. The van der Waals surface area contributed by atoms with Gasteiger partial charge in [0.15, 0.2) is 12.6 Å². The van der Waals surface area contributed by atoms with E-state index in [1.165, 1.54) is 14.0 Å². The minimum Gasteiger partial charge on any atom is -0.459 e. The minimum absolute atomic E-state index is 0.102. The van der Waals surface area contributed by atoms with E-state index in [0.29, 0.717) is 25.9 Å². The highest BCUT2D eigenvalue weighted by molar-refractivity contribution is 5.73. The monoisotopic (exact) mass is 865 g/mol. The minimum atomic E-state index is -1.84. The van der Waals surface area contributed by atoms with Crippen LogP contribution in [0, 0.1) is 17.8 Å². The van der Waals surface area contributed by atoms with Crippen molar-refractivity contribution in [1.82, 2.24) is 9.80 Å². The standard InChI is InChI=1S/C47H80N2O12/c1-15-22-56-46(10)24-28(3)26-49(27-34-20-18-17-19-21-34)32(7)40(51)47(11,54)36(16-2)59-43(53)31(6)39(60-37-25-45(9,55-14)41(52)33(8)58-37)30(5)42(46)61-44-38(50)35(48(12)13)23-29(4)57-44/h15,17-21,28-33,35-42,44,50-52,54H,1,16,22-27H2,2-14H3/t28-,29-,30+,31-,32-,33+,35+,36-,37+,38-,39+,40-,41+,42-,44+,45-,46-,47-/m1/s1. The lowest BCUT2D eigenvalue weighted by Gasteiger charge is -2.50. The summed E-state index contributed by atoms with van der Waals surface area (Å²) in [4.78, 5) is 18.7. The predicted molar refractivity (Wildman–Crippen MR) is 232 cm³/mol. The molecule has 0 aromatic heterocycles. The van der Waals surface area contributed by atoms with Crippen LogP contribution in [0.4, 0.5) is 0 Å². The molecule has 61 heavy (non-hydrogen) atoms. The number of carbonyl (C=O) groups excluding carboxylic acids is 1. The van der Waals surface area contributed by atoms with E-state index in [0.717, 1.165) is 5.56 Å². The predicted octanol–water partition coefficient (Wildman–Crippen LogP) is 4.68. The molecule has 14 heteroatoms. The second-order valence-electron chi connectivity index (χ2n) is 19.2. The molecule has 3 aliphatic rings. The van der Waals surface area contributed by atoms with Gasteiger partial charge in [-0.1, -0.05) is 57.2 Å². The second-order valence-corrected chi connectivity index (χ2v) is 19.2. The van der Waals surface area contributed by atoms with Gasteiger partial charge in [-0.2, -0.15) is 0 Å². The summed E-state index contributed by atoms with van der Waals surface area (Å²) >= 11 is 0. The topological polar surface area (TPSA) is 169 Å². The van der Waals surface area contributed by atoms with Crippen molar-refractivity contribution in [2.24, 2.45) is 17.8 Å². The van der Waals surface area contributed by atoms with Crippen molar-refractivity contribution in [3.05, 3.63) is 48.6 Å². The molecule has 0 spiro atoms. The highest BCUT2D eigenvalue weighted by Crippen LogP contribution is 2.41. The Kier molecular flexibility index (Phi) is 18.4. The summed E-state index contributed by atoms with van der Waals surface area (Å²) in [6.07, 6.45) is -6.10. The first-order valence-electron chi connectivity index (χ1n) is 22.4. The zero-order chi connectivity index (χ0) is 45.6. The second kappa shape index (κ2) is 21.8. The van der Waals surface area contributed by atoms with E-state index in [-0.39, 0.29) is 37.5 Å². The Balaban J connectivity index is 1.93. The Hall–Kier alpha value is -2.05. The number of benzene rings is 1. The Morgan fingerprint density at radius 2 is 1.61 bits per heavy atom. The van der Waals surface area contributed by atoms with Gasteiger partial charge >= 0.3 is 5.97 Å². The molecule has 0 aliphatic carbocycles. The average molecular weight is 865 g/mol. The van der Waals surface area contributed by atoms with E-state index in [1.807, 2.05) is 77.0 Å². The van der Waals surface area contributed by atoms with Crippen molar-refractivity contribution in [2.45, 2.75) is 192 Å². The van der Waals surface area contributed by atoms with Gasteiger partial charge in [-0.3, -0.25) is 9.69 Å². The average Bonchev–Trinajstić information content (AvgIpc) is 3.21. The molecule has 0 amide bonds. The van der Waals surface area contributed by atoms with Crippen LogP contribution >= 0.6 is 0 Å². The van der Waals surface area contributed by atoms with Gasteiger partial charge in [0.1, 0.15) is 30.0 Å². The smallest absolute Gasteiger partial charge is 0.311 e. The number of cyclic esters (lactones) is 1. The number of rotatable bonds is 12. The van der Waals surface area contributed by atoms with Crippen LogP contribution < -0.4 is 0 Å². The highest BCUT2D eigenvalue weighted by atomic mass is 16.7. The molecule has 3 heterocycles. The van der Waals surface area contributed by atoms with Crippen LogP contribution in [0.25, 0.3) is 0 Å². The van der Waals surface area contributed by atoms with Crippen molar-refractivity contribution in [2.75, 3.05) is 34.4 Å². The zero-order valence-electron chi connectivity index (χ0n) is 39.2. The third-order valence-electron chi connectivity index (χ3n) is 13.8. The van der Waals surface area contributed by atoms with Crippen LogP contribution in [0.15, 0.2) is 43.0 Å². The maximum atomic E-state index is 14.6. The summed E-state index contributed by atoms with van der Waals surface area (Å²) in [5, 5.41) is 47.2. The zero-order valence-corrected chi connectivity index (χ0v) is 39.2. The lowest BCUT2D eigenvalue weighted by molar-refractivity contribution is -0.320. The SMILES string of the molecule is C=CCO[C@]1(C)C[C@@H](C)CN(Cc2ccccc2)[C@H](C)[C@@H](O)[C@](C)(O)[C@@H](CC)OC(=O)[C@H](C)[C@@H](O[C@H]2C[C@@](C)(OC)[C@@H](O)[C@H](C)O2)[C@H](C)[C@H]1O[C@@H]1O[C@H](C)C[C@H](N(C)C)[C@H]1O. The fraction of sp³-hybridized carbons (Fsp3) is 0.809. The lowest BCUT2D eigenvalue weighted by Crippen LogP contribution is -2.61. The third-order valence-corrected chi connectivity index (χ3v) is 13.8. The van der Waals surface area contributed by atoms with E-state index in [9.17, 15) is 25.2 Å². The Morgan fingerprint density at radius 3 is 2.20 bits per heavy atom. The van der Waals surface area contributed by atoms with Crippen LogP contribution in [0.5, 0.6) is 0 Å². The van der Waals surface area contributed by atoms with Gasteiger partial charge in [0.25, 0.3) is 0 Å². The van der Waals surface area contributed by atoms with Gasteiger partial charge in [0.2, 0.25) is 0 Å². The summed E-state index contributed by atoms with van der Waals surface area (Å²) < 4.78 is 45.6.